The molecular formula is C15H24N4O3S. The summed E-state index contributed by atoms with van der Waals surface area (Å²) in [6, 6.07) is 1.93. The minimum Gasteiger partial charge on any atom is -0.339 e. The maximum Gasteiger partial charge on any atom is 0.244 e. The zero-order valence-electron chi connectivity index (χ0n) is 14.1. The van der Waals surface area contributed by atoms with Gasteiger partial charge >= 0.3 is 0 Å². The predicted molar refractivity (Wildman–Crippen MR) is 86.8 cm³/mol. The summed E-state index contributed by atoms with van der Waals surface area (Å²) in [4.78, 5) is 16.2. The van der Waals surface area contributed by atoms with Crippen LogP contribution in [-0.4, -0.2) is 78.1 Å². The molecule has 2 aliphatic rings. The van der Waals surface area contributed by atoms with Gasteiger partial charge in [-0.2, -0.15) is 5.10 Å². The predicted octanol–water partition coefficient (Wildman–Crippen LogP) is -0.314. The monoisotopic (exact) mass is 340 g/mol. The molecule has 128 valence electrons. The van der Waals surface area contributed by atoms with Gasteiger partial charge in [-0.05, 0) is 34.0 Å². The molecule has 0 unspecified atom stereocenters. The van der Waals surface area contributed by atoms with Crippen LogP contribution in [0.3, 0.4) is 0 Å². The molecule has 2 saturated heterocycles. The molecule has 2 fully saturated rings. The first-order valence-electron chi connectivity index (χ1n) is 7.86. The van der Waals surface area contributed by atoms with Crippen molar-refractivity contribution in [1.29, 1.82) is 0 Å². The molecule has 3 rings (SSSR count). The van der Waals surface area contributed by atoms with Crippen molar-refractivity contribution in [2.45, 2.75) is 31.7 Å². The van der Waals surface area contributed by atoms with Crippen LogP contribution < -0.4 is 0 Å². The molecular weight excluding hydrogens is 316 g/mol. The summed E-state index contributed by atoms with van der Waals surface area (Å²) in [5.74, 6) is 0.159. The van der Waals surface area contributed by atoms with E-state index in [-0.39, 0.29) is 30.2 Å². The number of hydrogen-bond acceptors (Lipinski definition) is 5. The van der Waals surface area contributed by atoms with Gasteiger partial charge in [0.1, 0.15) is 6.54 Å². The van der Waals surface area contributed by atoms with Crippen LogP contribution in [0.15, 0.2) is 6.07 Å². The molecule has 0 radical (unpaired) electrons. The molecule has 1 aromatic heterocycles. The third-order valence-corrected chi connectivity index (χ3v) is 7.30. The summed E-state index contributed by atoms with van der Waals surface area (Å²) >= 11 is 0. The van der Waals surface area contributed by atoms with Crippen molar-refractivity contribution in [2.75, 3.05) is 32.9 Å². The molecule has 3 atom stereocenters. The average molecular weight is 340 g/mol. The Labute approximate surface area is 137 Å². The van der Waals surface area contributed by atoms with Gasteiger partial charge in [-0.15, -0.1) is 0 Å². The van der Waals surface area contributed by atoms with Gasteiger partial charge in [0.25, 0.3) is 0 Å². The van der Waals surface area contributed by atoms with Crippen molar-refractivity contribution < 1.29 is 13.2 Å². The van der Waals surface area contributed by atoms with E-state index in [0.29, 0.717) is 13.1 Å². The lowest BCUT2D eigenvalue weighted by atomic mass is 10.00. The van der Waals surface area contributed by atoms with E-state index >= 15 is 0 Å². The molecule has 2 aliphatic heterocycles. The van der Waals surface area contributed by atoms with Crippen LogP contribution in [-0.2, 0) is 21.2 Å². The first kappa shape index (κ1) is 16.4. The second kappa shape index (κ2) is 5.59. The number of aromatic nitrogens is 2. The topological polar surface area (TPSA) is 75.5 Å². The molecule has 0 saturated carbocycles. The zero-order chi connectivity index (χ0) is 16.9. The van der Waals surface area contributed by atoms with E-state index in [1.54, 1.807) is 9.58 Å². The van der Waals surface area contributed by atoms with E-state index in [4.69, 9.17) is 0 Å². The summed E-state index contributed by atoms with van der Waals surface area (Å²) in [7, 11) is 0.692. The highest BCUT2D eigenvalue weighted by Gasteiger charge is 2.53. The smallest absolute Gasteiger partial charge is 0.244 e. The van der Waals surface area contributed by atoms with Crippen molar-refractivity contribution in [3.05, 3.63) is 17.5 Å². The quantitative estimate of drug-likeness (QED) is 0.754. The van der Waals surface area contributed by atoms with Crippen LogP contribution in [0.1, 0.15) is 11.4 Å². The fraction of sp³-hybridized carbons (Fsp3) is 0.733. The summed E-state index contributed by atoms with van der Waals surface area (Å²) in [5.41, 5.74) is 1.82. The molecule has 0 aromatic carbocycles. The Hall–Kier alpha value is -1.41. The fourth-order valence-corrected chi connectivity index (χ4v) is 6.31. The largest absolute Gasteiger partial charge is 0.339 e. The Morgan fingerprint density at radius 2 is 2.04 bits per heavy atom. The van der Waals surface area contributed by atoms with E-state index in [9.17, 15) is 13.2 Å². The minimum absolute atomic E-state index is 0.00326. The van der Waals surface area contributed by atoms with Gasteiger partial charge in [0, 0.05) is 30.7 Å². The fourth-order valence-electron chi connectivity index (χ4n) is 3.83. The molecule has 1 aromatic rings. The number of nitrogens with zero attached hydrogens (tertiary/aromatic N) is 4. The lowest BCUT2D eigenvalue weighted by molar-refractivity contribution is -0.131. The molecule has 0 N–H and O–H groups in total. The van der Waals surface area contributed by atoms with E-state index < -0.39 is 15.1 Å². The van der Waals surface area contributed by atoms with E-state index in [1.807, 2.05) is 38.9 Å². The van der Waals surface area contributed by atoms with Crippen LogP contribution in [0.25, 0.3) is 0 Å². The number of likely N-dealkylation sites (tertiary alicyclic amines) is 1. The molecule has 3 heterocycles. The average Bonchev–Trinajstić information content (AvgIpc) is 3.06. The Morgan fingerprint density at radius 1 is 1.35 bits per heavy atom. The highest BCUT2D eigenvalue weighted by Crippen LogP contribution is 2.36. The standard InChI is InChI=1S/C15H24N4O3S/c1-10-5-11(2)19(16-10)8-15(20)18-6-12-13(17(3)4)9-23(21,22)14(12)7-18/h5,12-14H,6-9H2,1-4H3/t12-,13-,14-/m0/s1. The highest BCUT2D eigenvalue weighted by molar-refractivity contribution is 7.92. The number of hydrogen-bond donors (Lipinski definition) is 0. The lowest BCUT2D eigenvalue weighted by Crippen LogP contribution is -2.39. The second-order valence-electron chi connectivity index (χ2n) is 6.95. The normalized spacial score (nSPS) is 29.3. The van der Waals surface area contributed by atoms with Crippen LogP contribution in [0.4, 0.5) is 0 Å². The third kappa shape index (κ3) is 2.89. The number of aryl methyl sites for hydroxylation is 2. The van der Waals surface area contributed by atoms with Crippen molar-refractivity contribution in [3.8, 4) is 0 Å². The summed E-state index contributed by atoms with van der Waals surface area (Å²) in [6.45, 7) is 4.81. The number of amides is 1. The number of carbonyl (C=O) groups is 1. The molecule has 0 spiro atoms. The van der Waals surface area contributed by atoms with Crippen molar-refractivity contribution >= 4 is 15.7 Å². The van der Waals surface area contributed by atoms with Crippen LogP contribution in [0.5, 0.6) is 0 Å². The molecule has 0 aliphatic carbocycles. The van der Waals surface area contributed by atoms with E-state index in [1.165, 1.54) is 0 Å². The maximum absolute atomic E-state index is 12.6. The van der Waals surface area contributed by atoms with Gasteiger partial charge in [0.05, 0.1) is 16.7 Å². The van der Waals surface area contributed by atoms with Crippen molar-refractivity contribution in [2.24, 2.45) is 5.92 Å². The van der Waals surface area contributed by atoms with Gasteiger partial charge in [-0.3, -0.25) is 9.48 Å². The van der Waals surface area contributed by atoms with Gasteiger partial charge < -0.3 is 9.80 Å². The number of rotatable bonds is 3. The first-order valence-corrected chi connectivity index (χ1v) is 9.57. The third-order valence-electron chi connectivity index (χ3n) is 5.07. The highest BCUT2D eigenvalue weighted by atomic mass is 32.2. The molecule has 8 heteroatoms. The Bertz CT molecular complexity index is 725. The minimum atomic E-state index is -3.12. The maximum atomic E-state index is 12.6. The summed E-state index contributed by atoms with van der Waals surface area (Å²) < 4.78 is 26.4. The van der Waals surface area contributed by atoms with Crippen molar-refractivity contribution in [3.63, 3.8) is 0 Å². The van der Waals surface area contributed by atoms with E-state index in [0.717, 1.165) is 11.4 Å². The Balaban J connectivity index is 1.74. The molecule has 7 nitrogen and oxygen atoms in total. The van der Waals surface area contributed by atoms with Crippen LogP contribution in [0.2, 0.25) is 0 Å². The van der Waals surface area contributed by atoms with Gasteiger partial charge in [-0.1, -0.05) is 0 Å². The van der Waals surface area contributed by atoms with Gasteiger partial charge in [0.2, 0.25) is 5.91 Å². The van der Waals surface area contributed by atoms with Crippen molar-refractivity contribution in [1.82, 2.24) is 19.6 Å². The Morgan fingerprint density at radius 3 is 2.61 bits per heavy atom. The Kier molecular flexibility index (Phi) is 4.00. The molecule has 0 bridgehead atoms. The molecule has 1 amide bonds. The summed E-state index contributed by atoms with van der Waals surface area (Å²) in [6.07, 6.45) is 0. The van der Waals surface area contributed by atoms with Crippen LogP contribution >= 0.6 is 0 Å². The zero-order valence-corrected chi connectivity index (χ0v) is 14.9. The van der Waals surface area contributed by atoms with Crippen LogP contribution in [0, 0.1) is 19.8 Å². The van der Waals surface area contributed by atoms with Gasteiger partial charge in [-0.25, -0.2) is 8.42 Å². The van der Waals surface area contributed by atoms with E-state index in [2.05, 4.69) is 5.10 Å². The summed E-state index contributed by atoms with van der Waals surface area (Å²) in [5, 5.41) is 3.89. The SMILES string of the molecule is Cc1cc(C)n(CC(=O)N2C[C@H]3[C@@H](N(C)C)CS(=O)(=O)[C@H]3C2)n1. The molecule has 23 heavy (non-hydrogen) atoms. The second-order valence-corrected chi connectivity index (χ2v) is 9.21. The lowest BCUT2D eigenvalue weighted by Gasteiger charge is -2.25. The number of carbonyl (C=O) groups excluding carboxylic acids is 1. The van der Waals surface area contributed by atoms with Gasteiger partial charge in [0.15, 0.2) is 9.84 Å². The number of sulfone groups is 1. The number of fused-ring (bicyclic) bond motifs is 1. The first-order chi connectivity index (χ1) is 10.7.